The van der Waals surface area contributed by atoms with E-state index < -0.39 is 17.5 Å². The summed E-state index contributed by atoms with van der Waals surface area (Å²) in [6, 6.07) is 6.74. The predicted octanol–water partition coefficient (Wildman–Crippen LogP) is 4.36. The molecule has 1 amide bonds. The average molecular weight is 370 g/mol. The minimum Gasteiger partial charge on any atom is -0.482 e. The lowest BCUT2D eigenvalue weighted by Gasteiger charge is -2.12. The Kier molecular flexibility index (Phi) is 5.13. The molecule has 0 atom stereocenters. The van der Waals surface area contributed by atoms with Gasteiger partial charge in [-0.1, -0.05) is 6.07 Å². The van der Waals surface area contributed by atoms with E-state index in [4.69, 9.17) is 4.74 Å². The van der Waals surface area contributed by atoms with Crippen molar-refractivity contribution in [3.63, 3.8) is 0 Å². The molecule has 0 saturated heterocycles. The third-order valence-electron chi connectivity index (χ3n) is 2.93. The lowest BCUT2D eigenvalue weighted by atomic mass is 10.1. The standard InChI is InChI=1S/C16H14BrF2NO2/c1-9-5-10(2)16(12(17)6-9)22-8-15(21)20-14-4-3-11(18)7-13(14)19/h3-7H,8H2,1-2H3,(H,20,21). The predicted molar refractivity (Wildman–Crippen MR) is 84.1 cm³/mol. The Morgan fingerprint density at radius 3 is 2.59 bits per heavy atom. The van der Waals surface area contributed by atoms with E-state index in [-0.39, 0.29) is 12.3 Å². The van der Waals surface area contributed by atoms with Crippen LogP contribution < -0.4 is 10.1 Å². The Balaban J connectivity index is 2.02. The maximum absolute atomic E-state index is 13.4. The largest absolute Gasteiger partial charge is 0.482 e. The number of carbonyl (C=O) groups is 1. The Morgan fingerprint density at radius 2 is 1.95 bits per heavy atom. The average Bonchev–Trinajstić information content (AvgIpc) is 2.40. The summed E-state index contributed by atoms with van der Waals surface area (Å²) >= 11 is 3.38. The summed E-state index contributed by atoms with van der Waals surface area (Å²) < 4.78 is 32.4. The molecule has 0 spiro atoms. The van der Waals surface area contributed by atoms with Crippen LogP contribution in [0.2, 0.25) is 0 Å². The van der Waals surface area contributed by atoms with Crippen molar-refractivity contribution in [2.24, 2.45) is 0 Å². The normalized spacial score (nSPS) is 10.4. The number of hydrogen-bond donors (Lipinski definition) is 1. The van der Waals surface area contributed by atoms with E-state index in [0.29, 0.717) is 11.8 Å². The lowest BCUT2D eigenvalue weighted by molar-refractivity contribution is -0.118. The molecule has 1 N–H and O–H groups in total. The van der Waals surface area contributed by atoms with E-state index >= 15 is 0 Å². The van der Waals surface area contributed by atoms with Gasteiger partial charge in [0.1, 0.15) is 17.4 Å². The zero-order chi connectivity index (χ0) is 16.3. The van der Waals surface area contributed by atoms with Crippen molar-refractivity contribution in [1.82, 2.24) is 0 Å². The number of amides is 1. The number of halogens is 3. The number of anilines is 1. The highest BCUT2D eigenvalue weighted by molar-refractivity contribution is 9.10. The molecule has 0 aliphatic carbocycles. The minimum atomic E-state index is -0.832. The molecule has 6 heteroatoms. The third-order valence-corrected chi connectivity index (χ3v) is 3.52. The number of hydrogen-bond acceptors (Lipinski definition) is 2. The molecule has 0 fully saturated rings. The Bertz CT molecular complexity index is 696. The number of rotatable bonds is 4. The number of nitrogens with one attached hydrogen (secondary N) is 1. The van der Waals surface area contributed by atoms with Crippen molar-refractivity contribution >= 4 is 27.5 Å². The Hall–Kier alpha value is -1.95. The van der Waals surface area contributed by atoms with Crippen LogP contribution >= 0.6 is 15.9 Å². The van der Waals surface area contributed by atoms with E-state index in [1.807, 2.05) is 26.0 Å². The molecular formula is C16H14BrF2NO2. The molecular weight excluding hydrogens is 356 g/mol. The highest BCUT2D eigenvalue weighted by atomic mass is 79.9. The highest BCUT2D eigenvalue weighted by Crippen LogP contribution is 2.30. The van der Waals surface area contributed by atoms with Crippen LogP contribution in [0.4, 0.5) is 14.5 Å². The molecule has 0 radical (unpaired) electrons. The number of ether oxygens (including phenoxy) is 1. The van der Waals surface area contributed by atoms with Gasteiger partial charge in [-0.3, -0.25) is 4.79 Å². The molecule has 2 rings (SSSR count). The van der Waals surface area contributed by atoms with Gasteiger partial charge in [0.05, 0.1) is 10.2 Å². The van der Waals surface area contributed by atoms with Gasteiger partial charge in [-0.05, 0) is 59.1 Å². The fourth-order valence-corrected chi connectivity index (χ4v) is 2.79. The van der Waals surface area contributed by atoms with Gasteiger partial charge in [-0.25, -0.2) is 8.78 Å². The smallest absolute Gasteiger partial charge is 0.262 e. The molecule has 0 aromatic heterocycles. The first-order valence-electron chi connectivity index (χ1n) is 6.51. The fourth-order valence-electron chi connectivity index (χ4n) is 2.00. The maximum atomic E-state index is 13.4. The molecule has 0 saturated carbocycles. The summed E-state index contributed by atoms with van der Waals surface area (Å²) in [6.07, 6.45) is 0. The SMILES string of the molecule is Cc1cc(C)c(OCC(=O)Nc2ccc(F)cc2F)c(Br)c1. The monoisotopic (exact) mass is 369 g/mol. The van der Waals surface area contributed by atoms with Crippen molar-refractivity contribution in [1.29, 1.82) is 0 Å². The molecule has 0 unspecified atom stereocenters. The molecule has 3 nitrogen and oxygen atoms in total. The first-order chi connectivity index (χ1) is 10.4. The quantitative estimate of drug-likeness (QED) is 0.869. The second-order valence-corrected chi connectivity index (χ2v) is 5.71. The van der Waals surface area contributed by atoms with Gasteiger partial charge in [0.2, 0.25) is 0 Å². The molecule has 116 valence electrons. The fraction of sp³-hybridized carbons (Fsp3) is 0.188. The van der Waals surface area contributed by atoms with Gasteiger partial charge < -0.3 is 10.1 Å². The second kappa shape index (κ2) is 6.87. The summed E-state index contributed by atoms with van der Waals surface area (Å²) in [5.74, 6) is -1.51. The van der Waals surface area contributed by atoms with Crippen LogP contribution in [0.1, 0.15) is 11.1 Å². The van der Waals surface area contributed by atoms with Crippen LogP contribution in [0.5, 0.6) is 5.75 Å². The van der Waals surface area contributed by atoms with Crippen LogP contribution in [0.15, 0.2) is 34.8 Å². The van der Waals surface area contributed by atoms with E-state index in [0.717, 1.165) is 27.7 Å². The van der Waals surface area contributed by atoms with E-state index in [9.17, 15) is 13.6 Å². The molecule has 0 aliphatic heterocycles. The van der Waals surface area contributed by atoms with Crippen molar-refractivity contribution in [3.8, 4) is 5.75 Å². The zero-order valence-corrected chi connectivity index (χ0v) is 13.6. The van der Waals surface area contributed by atoms with E-state index in [2.05, 4.69) is 21.2 Å². The van der Waals surface area contributed by atoms with Gasteiger partial charge in [-0.15, -0.1) is 0 Å². The van der Waals surface area contributed by atoms with Gasteiger partial charge in [0.15, 0.2) is 6.61 Å². The first-order valence-corrected chi connectivity index (χ1v) is 7.30. The minimum absolute atomic E-state index is 0.0882. The highest BCUT2D eigenvalue weighted by Gasteiger charge is 2.11. The molecule has 0 heterocycles. The first kappa shape index (κ1) is 16.4. The Labute approximate surface area is 135 Å². The summed E-state index contributed by atoms with van der Waals surface area (Å²) in [6.45, 7) is 3.54. The van der Waals surface area contributed by atoms with Crippen LogP contribution in [0.3, 0.4) is 0 Å². The van der Waals surface area contributed by atoms with Gasteiger partial charge in [0.25, 0.3) is 5.91 Å². The second-order valence-electron chi connectivity index (χ2n) is 4.85. The van der Waals surface area contributed by atoms with Crippen LogP contribution in [-0.4, -0.2) is 12.5 Å². The number of benzene rings is 2. The topological polar surface area (TPSA) is 38.3 Å². The van der Waals surface area contributed by atoms with Crippen molar-refractivity contribution < 1.29 is 18.3 Å². The number of carbonyl (C=O) groups excluding carboxylic acids is 1. The van der Waals surface area contributed by atoms with Gasteiger partial charge in [0, 0.05) is 6.07 Å². The molecule has 22 heavy (non-hydrogen) atoms. The van der Waals surface area contributed by atoms with Crippen molar-refractivity contribution in [3.05, 3.63) is 57.6 Å². The third kappa shape index (κ3) is 4.04. The molecule has 0 bridgehead atoms. The van der Waals surface area contributed by atoms with E-state index in [1.54, 1.807) is 0 Å². The van der Waals surface area contributed by atoms with Crippen LogP contribution in [0.25, 0.3) is 0 Å². The van der Waals surface area contributed by atoms with Crippen molar-refractivity contribution in [2.45, 2.75) is 13.8 Å². The summed E-state index contributed by atoms with van der Waals surface area (Å²) in [5.41, 5.74) is 1.86. The summed E-state index contributed by atoms with van der Waals surface area (Å²) in [5, 5.41) is 2.34. The summed E-state index contributed by atoms with van der Waals surface area (Å²) in [4.78, 5) is 11.8. The van der Waals surface area contributed by atoms with Crippen molar-refractivity contribution in [2.75, 3.05) is 11.9 Å². The van der Waals surface area contributed by atoms with Gasteiger partial charge in [-0.2, -0.15) is 0 Å². The van der Waals surface area contributed by atoms with Crippen LogP contribution in [-0.2, 0) is 4.79 Å². The molecule has 2 aromatic rings. The maximum Gasteiger partial charge on any atom is 0.262 e. The summed E-state index contributed by atoms with van der Waals surface area (Å²) in [7, 11) is 0. The molecule has 2 aromatic carbocycles. The van der Waals surface area contributed by atoms with E-state index in [1.165, 1.54) is 0 Å². The lowest BCUT2D eigenvalue weighted by Crippen LogP contribution is -2.21. The Morgan fingerprint density at radius 1 is 1.23 bits per heavy atom. The zero-order valence-electron chi connectivity index (χ0n) is 12.0. The molecule has 0 aliphatic rings. The van der Waals surface area contributed by atoms with Crippen LogP contribution in [0, 0.1) is 25.5 Å². The van der Waals surface area contributed by atoms with Gasteiger partial charge >= 0.3 is 0 Å². The number of aryl methyl sites for hydroxylation is 2.